The van der Waals surface area contributed by atoms with E-state index in [0.29, 0.717) is 6.10 Å². The predicted octanol–water partition coefficient (Wildman–Crippen LogP) is 2.09. The first-order chi connectivity index (χ1) is 7.22. The van der Waals surface area contributed by atoms with Gasteiger partial charge in [-0.1, -0.05) is 0 Å². The molecule has 3 unspecified atom stereocenters. The first-order valence-electron chi connectivity index (χ1n) is 6.12. The zero-order valence-electron chi connectivity index (χ0n) is 10.1. The van der Waals surface area contributed by atoms with Crippen LogP contribution in [0.2, 0.25) is 0 Å². The van der Waals surface area contributed by atoms with Crippen molar-refractivity contribution in [2.24, 2.45) is 5.73 Å². The van der Waals surface area contributed by atoms with Crippen LogP contribution < -0.4 is 5.73 Å². The standard InChI is InChI=1S/C12H25NO2/c1-10(14-2)9-11(13)5-3-6-12-7-4-8-15-12/h10-12H,3-9,13H2,1-2H3. The van der Waals surface area contributed by atoms with Crippen LogP contribution in [0.3, 0.4) is 0 Å². The molecule has 1 aliphatic rings. The Balaban J connectivity index is 1.98. The van der Waals surface area contributed by atoms with Gasteiger partial charge in [-0.25, -0.2) is 0 Å². The highest BCUT2D eigenvalue weighted by atomic mass is 16.5. The van der Waals surface area contributed by atoms with Crippen LogP contribution in [0.1, 0.15) is 45.4 Å². The van der Waals surface area contributed by atoms with E-state index < -0.39 is 0 Å². The Morgan fingerprint density at radius 3 is 2.93 bits per heavy atom. The molecule has 3 atom stereocenters. The fourth-order valence-corrected chi connectivity index (χ4v) is 2.12. The highest BCUT2D eigenvalue weighted by Crippen LogP contribution is 2.18. The van der Waals surface area contributed by atoms with Gasteiger partial charge in [0.25, 0.3) is 0 Å². The van der Waals surface area contributed by atoms with Gasteiger partial charge in [0.2, 0.25) is 0 Å². The molecule has 1 aliphatic heterocycles. The molecule has 0 aromatic rings. The lowest BCUT2D eigenvalue weighted by Gasteiger charge is -2.16. The highest BCUT2D eigenvalue weighted by molar-refractivity contribution is 4.69. The predicted molar refractivity (Wildman–Crippen MR) is 61.9 cm³/mol. The monoisotopic (exact) mass is 215 g/mol. The van der Waals surface area contributed by atoms with Gasteiger partial charge in [0.1, 0.15) is 0 Å². The zero-order valence-corrected chi connectivity index (χ0v) is 10.1. The number of methoxy groups -OCH3 is 1. The summed E-state index contributed by atoms with van der Waals surface area (Å²) >= 11 is 0. The normalized spacial score (nSPS) is 25.4. The van der Waals surface area contributed by atoms with E-state index in [1.54, 1.807) is 7.11 Å². The van der Waals surface area contributed by atoms with Gasteiger partial charge >= 0.3 is 0 Å². The van der Waals surface area contributed by atoms with Crippen molar-refractivity contribution in [2.45, 2.75) is 63.7 Å². The molecule has 1 rings (SSSR count). The molecule has 3 nitrogen and oxygen atoms in total. The van der Waals surface area contributed by atoms with Crippen molar-refractivity contribution in [2.75, 3.05) is 13.7 Å². The van der Waals surface area contributed by atoms with Crippen LogP contribution >= 0.6 is 0 Å². The molecule has 90 valence electrons. The number of hydrogen-bond acceptors (Lipinski definition) is 3. The topological polar surface area (TPSA) is 44.5 Å². The number of ether oxygens (including phenoxy) is 2. The second-order valence-corrected chi connectivity index (χ2v) is 4.61. The second-order valence-electron chi connectivity index (χ2n) is 4.61. The average Bonchev–Trinajstić information content (AvgIpc) is 2.70. The van der Waals surface area contributed by atoms with Crippen molar-refractivity contribution in [1.82, 2.24) is 0 Å². The van der Waals surface area contributed by atoms with Gasteiger partial charge in [-0.2, -0.15) is 0 Å². The maximum Gasteiger partial charge on any atom is 0.0576 e. The lowest BCUT2D eigenvalue weighted by atomic mass is 10.0. The van der Waals surface area contributed by atoms with Crippen LogP contribution in [-0.4, -0.2) is 32.0 Å². The quantitative estimate of drug-likeness (QED) is 0.707. The van der Waals surface area contributed by atoms with Crippen molar-refractivity contribution < 1.29 is 9.47 Å². The van der Waals surface area contributed by atoms with Crippen LogP contribution in [0.5, 0.6) is 0 Å². The minimum absolute atomic E-state index is 0.279. The Labute approximate surface area is 93.3 Å². The van der Waals surface area contributed by atoms with Crippen molar-refractivity contribution in [3.63, 3.8) is 0 Å². The molecule has 0 aromatic heterocycles. The highest BCUT2D eigenvalue weighted by Gasteiger charge is 2.15. The van der Waals surface area contributed by atoms with E-state index in [1.165, 1.54) is 25.7 Å². The van der Waals surface area contributed by atoms with Crippen molar-refractivity contribution in [3.05, 3.63) is 0 Å². The Morgan fingerprint density at radius 1 is 1.53 bits per heavy atom. The first kappa shape index (κ1) is 12.9. The molecule has 1 fully saturated rings. The third kappa shape index (κ3) is 5.50. The lowest BCUT2D eigenvalue weighted by Crippen LogP contribution is -2.26. The fourth-order valence-electron chi connectivity index (χ4n) is 2.12. The molecular formula is C12H25NO2. The molecule has 0 spiro atoms. The van der Waals surface area contributed by atoms with E-state index in [-0.39, 0.29) is 12.1 Å². The van der Waals surface area contributed by atoms with E-state index in [9.17, 15) is 0 Å². The number of hydrogen-bond donors (Lipinski definition) is 1. The third-order valence-electron chi connectivity index (χ3n) is 3.16. The van der Waals surface area contributed by atoms with Crippen molar-refractivity contribution in [3.8, 4) is 0 Å². The molecule has 0 radical (unpaired) electrons. The summed E-state index contributed by atoms with van der Waals surface area (Å²) in [6.07, 6.45) is 7.67. The molecule has 0 saturated carbocycles. The number of nitrogens with two attached hydrogens (primary N) is 1. The molecule has 0 aliphatic carbocycles. The largest absolute Gasteiger partial charge is 0.382 e. The van der Waals surface area contributed by atoms with Gasteiger partial charge in [0.15, 0.2) is 0 Å². The Hall–Kier alpha value is -0.120. The summed E-state index contributed by atoms with van der Waals surface area (Å²) in [7, 11) is 1.74. The molecule has 1 heterocycles. The summed E-state index contributed by atoms with van der Waals surface area (Å²) in [5.41, 5.74) is 6.01. The molecule has 15 heavy (non-hydrogen) atoms. The van der Waals surface area contributed by atoms with Gasteiger partial charge < -0.3 is 15.2 Å². The van der Waals surface area contributed by atoms with Crippen LogP contribution in [0.15, 0.2) is 0 Å². The van der Waals surface area contributed by atoms with E-state index >= 15 is 0 Å². The van der Waals surface area contributed by atoms with Gasteiger partial charge in [-0.3, -0.25) is 0 Å². The maximum absolute atomic E-state index is 6.01. The van der Waals surface area contributed by atoms with Crippen LogP contribution in [0.4, 0.5) is 0 Å². The van der Waals surface area contributed by atoms with Gasteiger partial charge in [0, 0.05) is 19.8 Å². The summed E-state index contributed by atoms with van der Waals surface area (Å²) in [4.78, 5) is 0. The van der Waals surface area contributed by atoms with E-state index in [1.807, 2.05) is 0 Å². The van der Waals surface area contributed by atoms with Crippen molar-refractivity contribution >= 4 is 0 Å². The van der Waals surface area contributed by atoms with E-state index in [4.69, 9.17) is 15.2 Å². The van der Waals surface area contributed by atoms with Gasteiger partial charge in [-0.15, -0.1) is 0 Å². The zero-order chi connectivity index (χ0) is 11.1. The van der Waals surface area contributed by atoms with Crippen LogP contribution in [0.25, 0.3) is 0 Å². The van der Waals surface area contributed by atoms with E-state index in [2.05, 4.69) is 6.92 Å². The minimum atomic E-state index is 0.279. The lowest BCUT2D eigenvalue weighted by molar-refractivity contribution is 0.0952. The van der Waals surface area contributed by atoms with Gasteiger partial charge in [-0.05, 0) is 45.4 Å². The Kier molecular flexibility index (Phi) is 6.22. The van der Waals surface area contributed by atoms with Crippen molar-refractivity contribution in [1.29, 1.82) is 0 Å². The van der Waals surface area contributed by atoms with Crippen LogP contribution in [-0.2, 0) is 9.47 Å². The molecule has 1 saturated heterocycles. The third-order valence-corrected chi connectivity index (χ3v) is 3.16. The first-order valence-corrected chi connectivity index (χ1v) is 6.12. The minimum Gasteiger partial charge on any atom is -0.382 e. The average molecular weight is 215 g/mol. The summed E-state index contributed by atoms with van der Waals surface area (Å²) in [6.45, 7) is 3.03. The molecule has 2 N–H and O–H groups in total. The van der Waals surface area contributed by atoms with Crippen LogP contribution in [0, 0.1) is 0 Å². The molecule has 0 bridgehead atoms. The summed E-state index contributed by atoms with van der Waals surface area (Å²) in [6, 6.07) is 0.279. The summed E-state index contributed by atoms with van der Waals surface area (Å²) in [5, 5.41) is 0. The molecule has 0 amide bonds. The Morgan fingerprint density at radius 2 is 2.33 bits per heavy atom. The van der Waals surface area contributed by atoms with Gasteiger partial charge in [0.05, 0.1) is 12.2 Å². The molecular weight excluding hydrogens is 190 g/mol. The maximum atomic E-state index is 6.01. The molecule has 0 aromatic carbocycles. The molecule has 3 heteroatoms. The summed E-state index contributed by atoms with van der Waals surface area (Å²) in [5.74, 6) is 0. The fraction of sp³-hybridized carbons (Fsp3) is 1.00. The second kappa shape index (κ2) is 7.20. The smallest absolute Gasteiger partial charge is 0.0576 e. The number of rotatable bonds is 7. The summed E-state index contributed by atoms with van der Waals surface area (Å²) < 4.78 is 10.8. The SMILES string of the molecule is COC(C)CC(N)CCCC1CCCO1. The Bertz CT molecular complexity index is 158. The van der Waals surface area contributed by atoms with E-state index in [0.717, 1.165) is 19.4 Å².